The molecule has 3 heterocycles. The molecule has 0 amide bonds. The van der Waals surface area contributed by atoms with Crippen molar-refractivity contribution in [2.45, 2.75) is 52.4 Å². The second-order valence-electron chi connectivity index (χ2n) is 8.37. The lowest BCUT2D eigenvalue weighted by Gasteiger charge is -2.36. The molecule has 1 saturated heterocycles. The van der Waals surface area contributed by atoms with Gasteiger partial charge in [0.05, 0.1) is 0 Å². The zero-order chi connectivity index (χ0) is 18.3. The summed E-state index contributed by atoms with van der Waals surface area (Å²) in [6, 6.07) is 1.94. The van der Waals surface area contributed by atoms with Crippen LogP contribution in [-0.2, 0) is 18.3 Å². The van der Waals surface area contributed by atoms with Crippen molar-refractivity contribution in [3.63, 3.8) is 0 Å². The van der Waals surface area contributed by atoms with Crippen LogP contribution >= 0.6 is 0 Å². The molecule has 0 aromatic carbocycles. The first-order valence-corrected chi connectivity index (χ1v) is 9.61. The topological polar surface area (TPSA) is 58.0 Å². The molecular formula is C20H28N6. The van der Waals surface area contributed by atoms with Crippen LogP contribution in [0.15, 0.2) is 12.3 Å². The molecule has 1 fully saturated rings. The van der Waals surface area contributed by atoms with Crippen molar-refractivity contribution in [2.24, 2.45) is 0 Å². The second-order valence-corrected chi connectivity index (χ2v) is 8.37. The van der Waals surface area contributed by atoms with Gasteiger partial charge >= 0.3 is 0 Å². The highest BCUT2D eigenvalue weighted by Crippen LogP contribution is 2.32. The van der Waals surface area contributed by atoms with E-state index in [1.807, 2.05) is 19.2 Å². The van der Waals surface area contributed by atoms with Gasteiger partial charge < -0.3 is 9.80 Å². The van der Waals surface area contributed by atoms with Crippen molar-refractivity contribution in [3.8, 4) is 0 Å². The fraction of sp³-hybridized carbons (Fsp3) is 0.600. The van der Waals surface area contributed by atoms with E-state index in [0.717, 1.165) is 56.5 Å². The molecule has 4 rings (SSSR count). The van der Waals surface area contributed by atoms with Gasteiger partial charge in [0.15, 0.2) is 0 Å². The Morgan fingerprint density at radius 1 is 0.923 bits per heavy atom. The second kappa shape index (κ2) is 6.49. The fourth-order valence-corrected chi connectivity index (χ4v) is 3.72. The molecule has 6 nitrogen and oxygen atoms in total. The van der Waals surface area contributed by atoms with E-state index in [-0.39, 0.29) is 5.41 Å². The molecule has 6 heteroatoms. The first-order chi connectivity index (χ1) is 12.4. The molecule has 0 saturated carbocycles. The molecule has 1 aliphatic heterocycles. The summed E-state index contributed by atoms with van der Waals surface area (Å²) in [7, 11) is 0. The van der Waals surface area contributed by atoms with Gasteiger partial charge in [-0.25, -0.2) is 19.9 Å². The van der Waals surface area contributed by atoms with Crippen LogP contribution in [0.2, 0.25) is 0 Å². The van der Waals surface area contributed by atoms with Gasteiger partial charge in [0.2, 0.25) is 5.95 Å². The molecule has 2 aliphatic rings. The van der Waals surface area contributed by atoms with E-state index in [9.17, 15) is 0 Å². The third kappa shape index (κ3) is 3.24. The van der Waals surface area contributed by atoms with Crippen molar-refractivity contribution >= 4 is 11.8 Å². The van der Waals surface area contributed by atoms with Gasteiger partial charge in [0.1, 0.15) is 11.6 Å². The summed E-state index contributed by atoms with van der Waals surface area (Å²) in [5.74, 6) is 2.98. The Bertz CT molecular complexity index is 802. The first-order valence-electron chi connectivity index (χ1n) is 9.61. The van der Waals surface area contributed by atoms with Gasteiger partial charge in [0, 0.05) is 54.7 Å². The van der Waals surface area contributed by atoms with Crippen LogP contribution in [0.3, 0.4) is 0 Å². The van der Waals surface area contributed by atoms with Crippen LogP contribution in [0.5, 0.6) is 0 Å². The van der Waals surface area contributed by atoms with Crippen molar-refractivity contribution < 1.29 is 0 Å². The molecule has 0 radical (unpaired) electrons. The van der Waals surface area contributed by atoms with Gasteiger partial charge in [-0.2, -0.15) is 0 Å². The third-order valence-corrected chi connectivity index (χ3v) is 5.23. The highest BCUT2D eigenvalue weighted by atomic mass is 15.3. The Labute approximate surface area is 155 Å². The van der Waals surface area contributed by atoms with Gasteiger partial charge in [0.25, 0.3) is 0 Å². The van der Waals surface area contributed by atoms with Gasteiger partial charge in [-0.05, 0) is 32.3 Å². The molecule has 0 unspecified atom stereocenters. The number of aromatic nitrogens is 4. The molecule has 1 aliphatic carbocycles. The number of nitrogens with zero attached hydrogens (tertiary/aromatic N) is 6. The zero-order valence-electron chi connectivity index (χ0n) is 16.3. The average Bonchev–Trinajstić information content (AvgIpc) is 3.09. The van der Waals surface area contributed by atoms with Gasteiger partial charge in [-0.3, -0.25) is 0 Å². The highest BCUT2D eigenvalue weighted by Gasteiger charge is 2.29. The minimum absolute atomic E-state index is 0.0242. The van der Waals surface area contributed by atoms with Crippen LogP contribution in [0.4, 0.5) is 11.8 Å². The number of anilines is 2. The van der Waals surface area contributed by atoms with Gasteiger partial charge in [-0.15, -0.1) is 0 Å². The minimum atomic E-state index is -0.0242. The first kappa shape index (κ1) is 17.2. The summed E-state index contributed by atoms with van der Waals surface area (Å²) in [5, 5.41) is 0. The van der Waals surface area contributed by atoms with Crippen molar-refractivity contribution in [3.05, 3.63) is 35.0 Å². The standard InChI is InChI=1S/C20H28N6/c1-14-8-9-21-19(22-14)26-12-10-25(11-13-26)17-15-6-5-7-16(15)23-18(24-17)20(2,3)4/h8-9H,5-7,10-13H2,1-4H3. The molecule has 0 bridgehead atoms. The number of aryl methyl sites for hydroxylation is 2. The molecular weight excluding hydrogens is 324 g/mol. The lowest BCUT2D eigenvalue weighted by Crippen LogP contribution is -2.48. The summed E-state index contributed by atoms with van der Waals surface area (Å²) in [6.45, 7) is 12.3. The molecule has 26 heavy (non-hydrogen) atoms. The Balaban J connectivity index is 1.57. The average molecular weight is 352 g/mol. The summed E-state index contributed by atoms with van der Waals surface area (Å²) < 4.78 is 0. The maximum absolute atomic E-state index is 5.02. The number of rotatable bonds is 2. The number of fused-ring (bicyclic) bond motifs is 1. The number of hydrogen-bond donors (Lipinski definition) is 0. The van der Waals surface area contributed by atoms with Crippen LogP contribution in [-0.4, -0.2) is 46.1 Å². The van der Waals surface area contributed by atoms with Crippen molar-refractivity contribution in [1.82, 2.24) is 19.9 Å². The maximum atomic E-state index is 5.02. The summed E-state index contributed by atoms with van der Waals surface area (Å²) in [4.78, 5) is 23.6. The van der Waals surface area contributed by atoms with Crippen molar-refractivity contribution in [2.75, 3.05) is 36.0 Å². The molecule has 0 N–H and O–H groups in total. The Morgan fingerprint density at radius 2 is 1.65 bits per heavy atom. The van der Waals surface area contributed by atoms with E-state index >= 15 is 0 Å². The monoisotopic (exact) mass is 352 g/mol. The van der Waals surface area contributed by atoms with Crippen LogP contribution in [0.1, 0.15) is 50.0 Å². The molecule has 2 aromatic rings. The Morgan fingerprint density at radius 3 is 2.35 bits per heavy atom. The quantitative estimate of drug-likeness (QED) is 0.828. The van der Waals surface area contributed by atoms with E-state index in [2.05, 4.69) is 40.5 Å². The summed E-state index contributed by atoms with van der Waals surface area (Å²) >= 11 is 0. The SMILES string of the molecule is Cc1ccnc(N2CCN(c3nc(C(C)(C)C)nc4c3CCC4)CC2)n1. The van der Waals surface area contributed by atoms with E-state index in [1.54, 1.807) is 0 Å². The summed E-state index contributed by atoms with van der Waals surface area (Å²) in [5.41, 5.74) is 3.63. The van der Waals surface area contributed by atoms with Crippen LogP contribution in [0, 0.1) is 6.92 Å². The third-order valence-electron chi connectivity index (χ3n) is 5.23. The Kier molecular flexibility index (Phi) is 4.29. The molecule has 138 valence electrons. The highest BCUT2D eigenvalue weighted by molar-refractivity contribution is 5.53. The molecule has 2 aromatic heterocycles. The van der Waals surface area contributed by atoms with E-state index in [1.165, 1.54) is 23.5 Å². The lowest BCUT2D eigenvalue weighted by molar-refractivity contribution is 0.538. The number of piperazine rings is 1. The molecule has 0 spiro atoms. The van der Waals surface area contributed by atoms with Crippen LogP contribution < -0.4 is 9.80 Å². The number of hydrogen-bond acceptors (Lipinski definition) is 6. The summed E-state index contributed by atoms with van der Waals surface area (Å²) in [6.07, 6.45) is 5.24. The predicted molar refractivity (Wildman–Crippen MR) is 104 cm³/mol. The lowest BCUT2D eigenvalue weighted by atomic mass is 9.95. The minimum Gasteiger partial charge on any atom is -0.353 e. The van der Waals surface area contributed by atoms with E-state index < -0.39 is 0 Å². The normalized spacial score (nSPS) is 17.5. The fourth-order valence-electron chi connectivity index (χ4n) is 3.72. The predicted octanol–water partition coefficient (Wildman–Crippen LogP) is 2.69. The van der Waals surface area contributed by atoms with Crippen LogP contribution in [0.25, 0.3) is 0 Å². The Hall–Kier alpha value is -2.24. The largest absolute Gasteiger partial charge is 0.353 e. The maximum Gasteiger partial charge on any atom is 0.225 e. The smallest absolute Gasteiger partial charge is 0.225 e. The molecule has 0 atom stereocenters. The van der Waals surface area contributed by atoms with Gasteiger partial charge in [-0.1, -0.05) is 20.8 Å². The van der Waals surface area contributed by atoms with Crippen molar-refractivity contribution in [1.29, 1.82) is 0 Å². The zero-order valence-corrected chi connectivity index (χ0v) is 16.3. The van der Waals surface area contributed by atoms with E-state index in [4.69, 9.17) is 9.97 Å². The van der Waals surface area contributed by atoms with E-state index in [0.29, 0.717) is 0 Å².